The van der Waals surface area contributed by atoms with Gasteiger partial charge in [0.25, 0.3) is 0 Å². The molecule has 2 N–H and O–H groups in total. The van der Waals surface area contributed by atoms with Crippen molar-refractivity contribution in [2.24, 2.45) is 5.41 Å². The van der Waals surface area contributed by atoms with Crippen molar-refractivity contribution in [2.75, 3.05) is 19.6 Å². The van der Waals surface area contributed by atoms with E-state index in [-0.39, 0.29) is 35.5 Å². The Hall–Kier alpha value is -1.13. The molecule has 3 nitrogen and oxygen atoms in total. The summed E-state index contributed by atoms with van der Waals surface area (Å²) in [5.74, 6) is -0.171. The molecule has 1 aliphatic rings. The van der Waals surface area contributed by atoms with Crippen LogP contribution in [-0.2, 0) is 4.79 Å². The van der Waals surface area contributed by atoms with Gasteiger partial charge in [-0.2, -0.15) is 0 Å². The Morgan fingerprint density at radius 3 is 2.73 bits per heavy atom. The molecule has 1 fully saturated rings. The monoisotopic (exact) mass is 328 g/mol. The van der Waals surface area contributed by atoms with E-state index in [0.717, 1.165) is 38.0 Å². The van der Waals surface area contributed by atoms with Gasteiger partial charge in [0, 0.05) is 13.0 Å². The first-order chi connectivity index (χ1) is 9.98. The van der Waals surface area contributed by atoms with Gasteiger partial charge in [-0.3, -0.25) is 4.79 Å². The second-order valence-corrected chi connectivity index (χ2v) is 6.50. The summed E-state index contributed by atoms with van der Waals surface area (Å²) in [6.07, 6.45) is 2.58. The topological polar surface area (TPSA) is 41.1 Å². The summed E-state index contributed by atoms with van der Waals surface area (Å²) in [5, 5.41) is 6.39. The van der Waals surface area contributed by atoms with Gasteiger partial charge in [0.05, 0.1) is 0 Å². The van der Waals surface area contributed by atoms with E-state index in [1.54, 1.807) is 6.07 Å². The third kappa shape index (κ3) is 5.58. The van der Waals surface area contributed by atoms with Crippen molar-refractivity contribution < 1.29 is 9.18 Å². The molecule has 1 aromatic rings. The molecule has 1 unspecified atom stereocenters. The fourth-order valence-electron chi connectivity index (χ4n) is 2.80. The summed E-state index contributed by atoms with van der Waals surface area (Å²) < 4.78 is 13.2. The van der Waals surface area contributed by atoms with Crippen molar-refractivity contribution >= 4 is 18.3 Å². The van der Waals surface area contributed by atoms with Crippen LogP contribution in [0.5, 0.6) is 0 Å². The Kier molecular flexibility index (Phi) is 7.30. The number of carbonyl (C=O) groups excluding carboxylic acids is 1. The van der Waals surface area contributed by atoms with Crippen LogP contribution >= 0.6 is 12.4 Å². The number of benzene rings is 1. The van der Waals surface area contributed by atoms with Crippen LogP contribution in [0.1, 0.15) is 44.6 Å². The van der Waals surface area contributed by atoms with Crippen molar-refractivity contribution in [2.45, 2.75) is 39.0 Å². The summed E-state index contributed by atoms with van der Waals surface area (Å²) in [6, 6.07) is 6.49. The molecule has 1 amide bonds. The first-order valence-corrected chi connectivity index (χ1v) is 7.71. The molecule has 0 spiro atoms. The average Bonchev–Trinajstić information content (AvgIpc) is 2.46. The highest BCUT2D eigenvalue weighted by atomic mass is 35.5. The van der Waals surface area contributed by atoms with Gasteiger partial charge in [0.1, 0.15) is 5.82 Å². The maximum atomic E-state index is 13.2. The quantitative estimate of drug-likeness (QED) is 0.871. The van der Waals surface area contributed by atoms with Gasteiger partial charge in [-0.1, -0.05) is 26.0 Å². The maximum absolute atomic E-state index is 13.2. The smallest absolute Gasteiger partial charge is 0.220 e. The van der Waals surface area contributed by atoms with E-state index in [1.807, 2.05) is 13.0 Å². The molecule has 1 aromatic carbocycles. The number of carbonyl (C=O) groups is 1. The maximum Gasteiger partial charge on any atom is 0.220 e. The van der Waals surface area contributed by atoms with Gasteiger partial charge in [-0.25, -0.2) is 4.39 Å². The lowest BCUT2D eigenvalue weighted by atomic mass is 9.81. The predicted octanol–water partition coefficient (Wildman–Crippen LogP) is 3.25. The molecule has 22 heavy (non-hydrogen) atoms. The van der Waals surface area contributed by atoms with Crippen molar-refractivity contribution in [1.29, 1.82) is 0 Å². The zero-order valence-corrected chi connectivity index (χ0v) is 14.1. The van der Waals surface area contributed by atoms with E-state index in [1.165, 1.54) is 12.1 Å². The minimum Gasteiger partial charge on any atom is -0.356 e. The minimum atomic E-state index is -0.248. The predicted molar refractivity (Wildman–Crippen MR) is 89.9 cm³/mol. The van der Waals surface area contributed by atoms with E-state index >= 15 is 0 Å². The molecule has 124 valence electrons. The van der Waals surface area contributed by atoms with E-state index < -0.39 is 0 Å². The van der Waals surface area contributed by atoms with Gasteiger partial charge >= 0.3 is 0 Å². The molecular formula is C17H26ClFN2O. The largest absolute Gasteiger partial charge is 0.356 e. The van der Waals surface area contributed by atoms with E-state index in [9.17, 15) is 9.18 Å². The van der Waals surface area contributed by atoms with Crippen LogP contribution in [0.4, 0.5) is 4.39 Å². The molecular weight excluding hydrogens is 303 g/mol. The summed E-state index contributed by atoms with van der Waals surface area (Å²) in [5.41, 5.74) is 1.07. The Bertz CT molecular complexity index is 489. The Morgan fingerprint density at radius 2 is 2.09 bits per heavy atom. The Labute approximate surface area is 138 Å². The number of hydrogen-bond donors (Lipinski definition) is 2. The highest BCUT2D eigenvalue weighted by molar-refractivity contribution is 5.85. The number of rotatable bonds is 5. The zero-order chi connectivity index (χ0) is 15.3. The fraction of sp³-hybridized carbons (Fsp3) is 0.588. The lowest BCUT2D eigenvalue weighted by molar-refractivity contribution is -0.122. The normalized spacial score (nSPS) is 18.1. The highest BCUT2D eigenvalue weighted by Gasteiger charge is 2.27. The molecule has 1 atom stereocenters. The second-order valence-electron chi connectivity index (χ2n) is 6.50. The van der Waals surface area contributed by atoms with Crippen molar-refractivity contribution in [3.8, 4) is 0 Å². The molecule has 0 radical (unpaired) electrons. The number of halogens is 2. The average molecular weight is 329 g/mol. The molecule has 0 bridgehead atoms. The van der Waals surface area contributed by atoms with Crippen molar-refractivity contribution in [1.82, 2.24) is 10.6 Å². The molecule has 0 aromatic heterocycles. The first kappa shape index (κ1) is 18.9. The first-order valence-electron chi connectivity index (χ1n) is 7.71. The Balaban J connectivity index is 0.00000242. The molecule has 1 aliphatic heterocycles. The zero-order valence-electron chi connectivity index (χ0n) is 13.3. The number of nitrogens with one attached hydrogen (secondary N) is 2. The summed E-state index contributed by atoms with van der Waals surface area (Å²) in [7, 11) is 0. The van der Waals surface area contributed by atoms with Crippen LogP contribution in [0.2, 0.25) is 0 Å². The lowest BCUT2D eigenvalue weighted by Gasteiger charge is -2.34. The third-order valence-corrected chi connectivity index (χ3v) is 4.43. The van der Waals surface area contributed by atoms with E-state index in [0.29, 0.717) is 6.42 Å². The lowest BCUT2D eigenvalue weighted by Crippen LogP contribution is -2.43. The Morgan fingerprint density at radius 1 is 1.41 bits per heavy atom. The third-order valence-electron chi connectivity index (χ3n) is 4.43. The number of hydrogen-bond acceptors (Lipinski definition) is 2. The van der Waals surface area contributed by atoms with Gasteiger partial charge in [-0.05, 0) is 55.0 Å². The summed E-state index contributed by atoms with van der Waals surface area (Å²) in [6.45, 7) is 6.95. The van der Waals surface area contributed by atoms with Crippen molar-refractivity contribution in [3.63, 3.8) is 0 Å². The SMILES string of the molecule is CC(CC(=O)NCC1(C)CCNCC1)c1cccc(F)c1.Cl. The van der Waals surface area contributed by atoms with Crippen LogP contribution in [0.15, 0.2) is 24.3 Å². The standard InChI is InChI=1S/C17H25FN2O.ClH/c1-13(14-4-3-5-15(18)11-14)10-16(21)20-12-17(2)6-8-19-9-7-17;/h3-5,11,13,19H,6-10,12H2,1-2H3,(H,20,21);1H. The highest BCUT2D eigenvalue weighted by Crippen LogP contribution is 2.27. The summed E-state index contributed by atoms with van der Waals surface area (Å²) >= 11 is 0. The number of amides is 1. The van der Waals surface area contributed by atoms with E-state index in [2.05, 4.69) is 17.6 Å². The van der Waals surface area contributed by atoms with Gasteiger partial charge in [-0.15, -0.1) is 12.4 Å². The molecule has 0 saturated carbocycles. The summed E-state index contributed by atoms with van der Waals surface area (Å²) in [4.78, 5) is 12.1. The molecule has 1 saturated heterocycles. The van der Waals surface area contributed by atoms with Crippen LogP contribution in [0, 0.1) is 11.2 Å². The van der Waals surface area contributed by atoms with Gasteiger partial charge in [0.15, 0.2) is 0 Å². The molecule has 0 aliphatic carbocycles. The van der Waals surface area contributed by atoms with Crippen LogP contribution in [0.3, 0.4) is 0 Å². The van der Waals surface area contributed by atoms with Crippen LogP contribution in [-0.4, -0.2) is 25.5 Å². The minimum absolute atomic E-state index is 0. The molecule has 2 rings (SSSR count). The number of piperidine rings is 1. The molecule has 1 heterocycles. The molecule has 5 heteroatoms. The van der Waals surface area contributed by atoms with E-state index in [4.69, 9.17) is 0 Å². The fourth-order valence-corrected chi connectivity index (χ4v) is 2.80. The van der Waals surface area contributed by atoms with Crippen LogP contribution in [0.25, 0.3) is 0 Å². The van der Waals surface area contributed by atoms with Crippen LogP contribution < -0.4 is 10.6 Å². The van der Waals surface area contributed by atoms with Gasteiger partial charge < -0.3 is 10.6 Å². The van der Waals surface area contributed by atoms with Gasteiger partial charge in [0.2, 0.25) is 5.91 Å². The van der Waals surface area contributed by atoms with Crippen molar-refractivity contribution in [3.05, 3.63) is 35.6 Å². The second kappa shape index (κ2) is 8.49.